The number of unbranched alkanes of at least 4 members (excludes halogenated alkanes) is 1. The maximum atomic E-state index is 11.7. The average Bonchev–Trinajstić information content (AvgIpc) is 3.68. The van der Waals surface area contributed by atoms with Gasteiger partial charge in [0, 0.05) is 31.2 Å². The molecule has 346 valence electrons. The van der Waals surface area contributed by atoms with Crippen LogP contribution in [0.5, 0.6) is 0 Å². The molecule has 0 N–H and O–H groups in total. The highest BCUT2D eigenvalue weighted by Crippen LogP contribution is 2.06. The normalized spacial score (nSPS) is 11.8. The largest absolute Gasteiger partial charge is 0.379 e. The highest BCUT2D eigenvalue weighted by atomic mass is 16.6. The van der Waals surface area contributed by atoms with Crippen molar-refractivity contribution in [1.82, 2.24) is 15.0 Å². The number of rotatable bonds is 48. The zero-order valence-corrected chi connectivity index (χ0v) is 36.6. The van der Waals surface area contributed by atoms with E-state index in [1.165, 1.54) is 0 Å². The second kappa shape index (κ2) is 42.6. The van der Waals surface area contributed by atoms with E-state index in [1.807, 2.05) is 33.9 Å². The summed E-state index contributed by atoms with van der Waals surface area (Å²) in [6.07, 6.45) is 4.70. The number of Topliss-reactive ketones (excluding diaryl/α,β-unsaturated/α-hetero) is 2. The SMILES string of the molecule is CC(C)C(=O)CCCCn1cc(COCCOCCOCCOCCOCCOCCOCCOCCOCCOCCOCCOCCOCCC(=O)C(C)C)nn1. The lowest BCUT2D eigenvalue weighted by atomic mass is 10.0. The molecule has 1 rings (SSSR count). The molecule has 1 aromatic heterocycles. The van der Waals surface area contributed by atoms with Crippen LogP contribution in [0.25, 0.3) is 0 Å². The zero-order valence-electron chi connectivity index (χ0n) is 36.6. The van der Waals surface area contributed by atoms with Crippen LogP contribution >= 0.6 is 0 Å². The molecule has 0 amide bonds. The minimum atomic E-state index is 0.0543. The first-order chi connectivity index (χ1) is 28.9. The predicted octanol–water partition coefficient (Wildman–Crippen LogP) is 3.00. The lowest BCUT2D eigenvalue weighted by Crippen LogP contribution is -2.15. The van der Waals surface area contributed by atoms with Crippen LogP contribution in [0.2, 0.25) is 0 Å². The molecule has 0 aliphatic carbocycles. The van der Waals surface area contributed by atoms with Gasteiger partial charge in [-0.15, -0.1) is 5.10 Å². The maximum absolute atomic E-state index is 11.7. The number of aryl methyl sites for hydroxylation is 1. The van der Waals surface area contributed by atoms with Crippen LogP contribution in [0, 0.1) is 11.8 Å². The van der Waals surface area contributed by atoms with Gasteiger partial charge in [-0.2, -0.15) is 0 Å². The number of ether oxygens (including phenoxy) is 13. The molecule has 0 fully saturated rings. The fraction of sp³-hybridized carbons (Fsp3) is 0.902. The Morgan fingerprint density at radius 2 is 0.712 bits per heavy atom. The van der Waals surface area contributed by atoms with Crippen molar-refractivity contribution >= 4 is 11.6 Å². The fourth-order valence-corrected chi connectivity index (χ4v) is 4.65. The van der Waals surface area contributed by atoms with Crippen LogP contribution < -0.4 is 0 Å². The molecule has 0 bridgehead atoms. The van der Waals surface area contributed by atoms with E-state index in [0.29, 0.717) is 190 Å². The van der Waals surface area contributed by atoms with Crippen molar-refractivity contribution < 1.29 is 71.2 Å². The molecule has 0 saturated carbocycles. The molecule has 0 unspecified atom stereocenters. The Bertz CT molecular complexity index is 1070. The van der Waals surface area contributed by atoms with Crippen molar-refractivity contribution in [1.29, 1.82) is 0 Å². The number of aromatic nitrogens is 3. The molecule has 0 spiro atoms. The number of hydrogen-bond acceptors (Lipinski definition) is 17. The van der Waals surface area contributed by atoms with Crippen LogP contribution in [-0.4, -0.2) is 192 Å². The Morgan fingerprint density at radius 1 is 0.424 bits per heavy atom. The molecule has 0 atom stereocenters. The van der Waals surface area contributed by atoms with Gasteiger partial charge in [0.2, 0.25) is 0 Å². The van der Waals surface area contributed by atoms with Crippen LogP contribution in [0.1, 0.15) is 59.1 Å². The second-order valence-electron chi connectivity index (χ2n) is 13.8. The van der Waals surface area contributed by atoms with Crippen LogP contribution in [-0.2, 0) is 84.3 Å². The summed E-state index contributed by atoms with van der Waals surface area (Å²) in [5, 5.41) is 8.24. The van der Waals surface area contributed by atoms with Crippen molar-refractivity contribution in [2.75, 3.05) is 165 Å². The third-order valence-corrected chi connectivity index (χ3v) is 8.14. The third kappa shape index (κ3) is 38.6. The molecular formula is C41H77N3O15. The Balaban J connectivity index is 1.66. The minimum Gasteiger partial charge on any atom is -0.379 e. The quantitative estimate of drug-likeness (QED) is 0.0871. The Kier molecular flexibility index (Phi) is 39.7. The van der Waals surface area contributed by atoms with Crippen LogP contribution in [0.15, 0.2) is 6.20 Å². The maximum Gasteiger partial charge on any atom is 0.137 e. The summed E-state index contributed by atoms with van der Waals surface area (Å²) in [5.41, 5.74) is 0.773. The van der Waals surface area contributed by atoms with Crippen molar-refractivity contribution in [3.05, 3.63) is 11.9 Å². The Labute approximate surface area is 352 Å². The molecule has 1 aromatic rings. The van der Waals surface area contributed by atoms with Gasteiger partial charge >= 0.3 is 0 Å². The van der Waals surface area contributed by atoms with E-state index in [2.05, 4.69) is 10.3 Å². The number of ketones is 2. The Morgan fingerprint density at radius 3 is 1.03 bits per heavy atom. The van der Waals surface area contributed by atoms with E-state index < -0.39 is 0 Å². The van der Waals surface area contributed by atoms with Crippen LogP contribution in [0.4, 0.5) is 0 Å². The number of carbonyl (C=O) groups excluding carboxylic acids is 2. The van der Waals surface area contributed by atoms with E-state index in [1.54, 1.807) is 4.68 Å². The van der Waals surface area contributed by atoms with Gasteiger partial charge in [0.15, 0.2) is 0 Å². The first-order valence-corrected chi connectivity index (χ1v) is 21.3. The summed E-state index contributed by atoms with van der Waals surface area (Å²) in [7, 11) is 0. The summed E-state index contributed by atoms with van der Waals surface area (Å²) in [6.45, 7) is 20.9. The van der Waals surface area contributed by atoms with Crippen molar-refractivity contribution in [3.8, 4) is 0 Å². The highest BCUT2D eigenvalue weighted by molar-refractivity contribution is 5.80. The number of carbonyl (C=O) groups is 2. The highest BCUT2D eigenvalue weighted by Gasteiger charge is 2.08. The van der Waals surface area contributed by atoms with Crippen LogP contribution in [0.3, 0.4) is 0 Å². The monoisotopic (exact) mass is 852 g/mol. The second-order valence-corrected chi connectivity index (χ2v) is 13.8. The summed E-state index contributed by atoms with van der Waals surface area (Å²) >= 11 is 0. The van der Waals surface area contributed by atoms with Gasteiger partial charge in [-0.05, 0) is 12.8 Å². The van der Waals surface area contributed by atoms with E-state index in [9.17, 15) is 9.59 Å². The van der Waals surface area contributed by atoms with E-state index in [4.69, 9.17) is 61.6 Å². The number of hydrogen-bond donors (Lipinski definition) is 0. The van der Waals surface area contributed by atoms with Gasteiger partial charge in [0.25, 0.3) is 0 Å². The Hall–Kier alpha value is -2.04. The van der Waals surface area contributed by atoms with Gasteiger partial charge in [-0.25, -0.2) is 0 Å². The molecule has 0 aliphatic rings. The summed E-state index contributed by atoms with van der Waals surface area (Å²) in [5.74, 6) is 0.675. The molecule has 0 aromatic carbocycles. The third-order valence-electron chi connectivity index (χ3n) is 8.14. The molecule has 18 heteroatoms. The first kappa shape index (κ1) is 55.0. The van der Waals surface area contributed by atoms with E-state index in [-0.39, 0.29) is 17.6 Å². The van der Waals surface area contributed by atoms with Gasteiger partial charge in [0.05, 0.1) is 178 Å². The smallest absolute Gasteiger partial charge is 0.137 e. The first-order valence-electron chi connectivity index (χ1n) is 21.3. The molecule has 59 heavy (non-hydrogen) atoms. The van der Waals surface area contributed by atoms with Gasteiger partial charge in [0.1, 0.15) is 17.3 Å². The molecular weight excluding hydrogens is 774 g/mol. The molecule has 0 saturated heterocycles. The van der Waals surface area contributed by atoms with Crippen molar-refractivity contribution in [2.45, 2.75) is 66.5 Å². The standard InChI is InChI=1S/C41H77N3O15/c1-37(2)40(45)7-5-6-9-44-35-39(42-43-44)36-59-34-33-58-32-31-57-30-29-56-28-27-55-26-25-54-24-23-53-22-21-52-20-19-51-18-17-50-16-15-49-14-13-48-12-11-47-10-8-41(46)38(3)4/h35,37-38H,5-34,36H2,1-4H3. The van der Waals surface area contributed by atoms with E-state index in [0.717, 1.165) is 25.1 Å². The lowest BCUT2D eigenvalue weighted by molar-refractivity contribution is -0.123. The fourth-order valence-electron chi connectivity index (χ4n) is 4.65. The van der Waals surface area contributed by atoms with Gasteiger partial charge in [-0.1, -0.05) is 32.9 Å². The van der Waals surface area contributed by atoms with Crippen molar-refractivity contribution in [3.63, 3.8) is 0 Å². The topological polar surface area (TPSA) is 185 Å². The summed E-state index contributed by atoms with van der Waals surface area (Å²) < 4.78 is 73.2. The van der Waals surface area contributed by atoms with E-state index >= 15 is 0 Å². The zero-order chi connectivity index (χ0) is 42.7. The van der Waals surface area contributed by atoms with Gasteiger partial charge in [-0.3, -0.25) is 14.3 Å². The van der Waals surface area contributed by atoms with Crippen molar-refractivity contribution in [2.24, 2.45) is 11.8 Å². The van der Waals surface area contributed by atoms with Gasteiger partial charge < -0.3 is 61.6 Å². The predicted molar refractivity (Wildman–Crippen MR) is 218 cm³/mol. The molecule has 18 nitrogen and oxygen atoms in total. The molecule has 0 radical (unpaired) electrons. The summed E-state index contributed by atoms with van der Waals surface area (Å²) in [4.78, 5) is 23.2. The average molecular weight is 852 g/mol. The summed E-state index contributed by atoms with van der Waals surface area (Å²) in [6, 6.07) is 0. The lowest BCUT2D eigenvalue weighted by Gasteiger charge is -2.09. The molecule has 0 aliphatic heterocycles. The minimum absolute atomic E-state index is 0.0543. The number of nitrogens with zero attached hydrogens (tertiary/aromatic N) is 3. The molecule has 1 heterocycles.